The Hall–Kier alpha value is -2.69. The molecule has 0 fully saturated rings. The van der Waals surface area contributed by atoms with E-state index in [-0.39, 0.29) is 5.91 Å². The molecule has 5 nitrogen and oxygen atoms in total. The monoisotopic (exact) mass is 355 g/mol. The number of fused-ring (bicyclic) bond motifs is 1. The Morgan fingerprint density at radius 1 is 1.04 bits per heavy atom. The van der Waals surface area contributed by atoms with Crippen LogP contribution in [-0.4, -0.2) is 32.8 Å². The van der Waals surface area contributed by atoms with E-state index in [1.165, 1.54) is 11.1 Å². The summed E-state index contributed by atoms with van der Waals surface area (Å²) in [5.74, 6) is 2.06. The van der Waals surface area contributed by atoms with E-state index in [4.69, 9.17) is 14.2 Å². The zero-order valence-corrected chi connectivity index (χ0v) is 15.7. The highest BCUT2D eigenvalue weighted by atomic mass is 16.5. The van der Waals surface area contributed by atoms with Gasteiger partial charge in [-0.2, -0.15) is 0 Å². The van der Waals surface area contributed by atoms with E-state index >= 15 is 0 Å². The minimum Gasteiger partial charge on any atom is -0.497 e. The fourth-order valence-corrected chi connectivity index (χ4v) is 3.37. The first kappa shape index (κ1) is 18.1. The van der Waals surface area contributed by atoms with Crippen molar-refractivity contribution in [2.75, 3.05) is 25.7 Å². The summed E-state index contributed by atoms with van der Waals surface area (Å²) in [5.41, 5.74) is 3.25. The Kier molecular flexibility index (Phi) is 5.35. The van der Waals surface area contributed by atoms with E-state index in [1.807, 2.05) is 24.3 Å². The van der Waals surface area contributed by atoms with Gasteiger partial charge in [-0.25, -0.2) is 0 Å². The van der Waals surface area contributed by atoms with Crippen molar-refractivity contribution in [3.8, 4) is 17.2 Å². The lowest BCUT2D eigenvalue weighted by Crippen LogP contribution is -2.43. The van der Waals surface area contributed by atoms with Gasteiger partial charge in [-0.3, -0.25) is 4.79 Å². The molecule has 5 heteroatoms. The first-order valence-electron chi connectivity index (χ1n) is 8.83. The number of rotatable bonds is 5. The van der Waals surface area contributed by atoms with E-state index in [9.17, 15) is 4.79 Å². The molecule has 1 unspecified atom stereocenters. The summed E-state index contributed by atoms with van der Waals surface area (Å²) >= 11 is 0. The molecule has 1 atom stereocenters. The molecule has 2 aromatic carbocycles. The number of aryl methyl sites for hydroxylation is 1. The zero-order valence-electron chi connectivity index (χ0n) is 15.7. The number of ether oxygens (including phenoxy) is 3. The lowest BCUT2D eigenvalue weighted by Gasteiger charge is -2.33. The number of anilines is 1. The highest BCUT2D eigenvalue weighted by molar-refractivity contribution is 5.99. The minimum atomic E-state index is -0.598. The largest absolute Gasteiger partial charge is 0.497 e. The molecule has 1 heterocycles. The Labute approximate surface area is 154 Å². The van der Waals surface area contributed by atoms with Crippen LogP contribution >= 0.6 is 0 Å². The van der Waals surface area contributed by atoms with Crippen molar-refractivity contribution >= 4 is 11.6 Å². The Morgan fingerprint density at radius 3 is 2.38 bits per heavy atom. The van der Waals surface area contributed by atoms with Gasteiger partial charge < -0.3 is 19.1 Å². The summed E-state index contributed by atoms with van der Waals surface area (Å²) in [6.45, 7) is 4.52. The summed E-state index contributed by atoms with van der Waals surface area (Å²) in [6.07, 6.45) is 1.29. The lowest BCUT2D eigenvalue weighted by atomic mass is 9.96. The number of carbonyl (C=O) groups excluding carboxylic acids is 1. The molecule has 0 saturated carbocycles. The van der Waals surface area contributed by atoms with E-state index in [0.29, 0.717) is 12.3 Å². The number of carbonyl (C=O) groups is 1. The molecule has 3 rings (SSSR count). The van der Waals surface area contributed by atoms with Crippen molar-refractivity contribution in [2.24, 2.45) is 0 Å². The molecule has 1 aliphatic rings. The Balaban J connectivity index is 1.83. The second-order valence-corrected chi connectivity index (χ2v) is 6.44. The molecule has 1 aliphatic heterocycles. The minimum absolute atomic E-state index is 0.0642. The summed E-state index contributed by atoms with van der Waals surface area (Å²) in [7, 11) is 3.25. The predicted octanol–water partition coefficient (Wildman–Crippen LogP) is 3.76. The third kappa shape index (κ3) is 3.47. The van der Waals surface area contributed by atoms with Gasteiger partial charge >= 0.3 is 0 Å². The van der Waals surface area contributed by atoms with Crippen LogP contribution in [0.4, 0.5) is 5.69 Å². The third-order valence-electron chi connectivity index (χ3n) is 4.76. The molecular weight excluding hydrogens is 330 g/mol. The van der Waals surface area contributed by atoms with Crippen molar-refractivity contribution in [3.05, 3.63) is 47.5 Å². The Morgan fingerprint density at radius 2 is 1.73 bits per heavy atom. The fraction of sp³-hybridized carbons (Fsp3) is 0.381. The van der Waals surface area contributed by atoms with Gasteiger partial charge in [-0.15, -0.1) is 0 Å². The van der Waals surface area contributed by atoms with Gasteiger partial charge in [0.05, 0.1) is 19.9 Å². The maximum Gasteiger partial charge on any atom is 0.267 e. The van der Waals surface area contributed by atoms with Crippen LogP contribution in [0.15, 0.2) is 36.4 Å². The van der Waals surface area contributed by atoms with E-state index in [0.717, 1.165) is 30.0 Å². The van der Waals surface area contributed by atoms with Gasteiger partial charge in [0.25, 0.3) is 5.91 Å². The number of benzene rings is 2. The molecule has 138 valence electrons. The first-order valence-corrected chi connectivity index (χ1v) is 8.83. The van der Waals surface area contributed by atoms with E-state index in [1.54, 1.807) is 38.2 Å². The molecule has 0 spiro atoms. The van der Waals surface area contributed by atoms with Crippen LogP contribution in [0.1, 0.15) is 24.5 Å². The molecule has 0 aromatic heterocycles. The smallest absolute Gasteiger partial charge is 0.267 e. The number of hydrogen-bond donors (Lipinski definition) is 0. The lowest BCUT2D eigenvalue weighted by molar-refractivity contribution is -0.124. The maximum absolute atomic E-state index is 13.1. The number of methoxy groups -OCH3 is 2. The quantitative estimate of drug-likeness (QED) is 0.819. The van der Waals surface area contributed by atoms with Gasteiger partial charge in [-0.05, 0) is 68.1 Å². The molecule has 26 heavy (non-hydrogen) atoms. The fourth-order valence-electron chi connectivity index (χ4n) is 3.37. The number of amides is 1. The second kappa shape index (κ2) is 7.68. The van der Waals surface area contributed by atoms with Crippen molar-refractivity contribution in [1.82, 2.24) is 0 Å². The van der Waals surface area contributed by atoms with Gasteiger partial charge in [0.15, 0.2) is 6.10 Å². The summed E-state index contributed by atoms with van der Waals surface area (Å²) in [5, 5.41) is 0. The Bertz CT molecular complexity index is 785. The molecule has 0 aliphatic carbocycles. The molecule has 1 amide bonds. The van der Waals surface area contributed by atoms with Gasteiger partial charge in [0, 0.05) is 6.54 Å². The van der Waals surface area contributed by atoms with Crippen molar-refractivity contribution in [2.45, 2.75) is 32.8 Å². The third-order valence-corrected chi connectivity index (χ3v) is 4.76. The first-order chi connectivity index (χ1) is 12.5. The molecular formula is C21H25NO4. The van der Waals surface area contributed by atoms with Gasteiger partial charge in [0.2, 0.25) is 0 Å². The van der Waals surface area contributed by atoms with Crippen LogP contribution in [0.5, 0.6) is 17.2 Å². The summed E-state index contributed by atoms with van der Waals surface area (Å²) in [6, 6.07) is 11.2. The van der Waals surface area contributed by atoms with E-state index in [2.05, 4.69) is 6.92 Å². The van der Waals surface area contributed by atoms with Gasteiger partial charge in [0.1, 0.15) is 17.2 Å². The van der Waals surface area contributed by atoms with Crippen molar-refractivity contribution in [1.29, 1.82) is 0 Å². The summed E-state index contributed by atoms with van der Waals surface area (Å²) < 4.78 is 16.5. The van der Waals surface area contributed by atoms with Crippen molar-refractivity contribution < 1.29 is 19.0 Å². The number of nitrogens with zero attached hydrogens (tertiary/aromatic N) is 1. The van der Waals surface area contributed by atoms with Crippen LogP contribution in [0, 0.1) is 6.92 Å². The standard InChI is InChI=1S/C21H25NO4/c1-14-7-12-19(25-4)20-18(14)6-5-13-22(20)21(23)15(2)26-17-10-8-16(24-3)9-11-17/h7-12,15H,5-6,13H2,1-4H3. The number of hydrogen-bond acceptors (Lipinski definition) is 4. The van der Waals surface area contributed by atoms with Crippen LogP contribution < -0.4 is 19.1 Å². The van der Waals surface area contributed by atoms with Gasteiger partial charge in [-0.1, -0.05) is 6.07 Å². The van der Waals surface area contributed by atoms with Crippen molar-refractivity contribution in [3.63, 3.8) is 0 Å². The van der Waals surface area contributed by atoms with Crippen LogP contribution in [0.3, 0.4) is 0 Å². The zero-order chi connectivity index (χ0) is 18.7. The topological polar surface area (TPSA) is 48.0 Å². The molecule has 0 bridgehead atoms. The molecule has 0 N–H and O–H groups in total. The highest BCUT2D eigenvalue weighted by Gasteiger charge is 2.30. The molecule has 0 radical (unpaired) electrons. The predicted molar refractivity (Wildman–Crippen MR) is 101 cm³/mol. The normalized spacial score (nSPS) is 14.4. The second-order valence-electron chi connectivity index (χ2n) is 6.44. The summed E-state index contributed by atoms with van der Waals surface area (Å²) in [4.78, 5) is 14.9. The van der Waals surface area contributed by atoms with E-state index < -0.39 is 6.10 Å². The maximum atomic E-state index is 13.1. The average molecular weight is 355 g/mol. The SMILES string of the molecule is COc1ccc(OC(C)C(=O)N2CCCc3c(C)ccc(OC)c32)cc1. The molecule has 2 aromatic rings. The van der Waals surface area contributed by atoms with Crippen LogP contribution in [0.25, 0.3) is 0 Å². The van der Waals surface area contributed by atoms with Crippen LogP contribution in [0.2, 0.25) is 0 Å². The highest BCUT2D eigenvalue weighted by Crippen LogP contribution is 2.38. The van der Waals surface area contributed by atoms with Crippen LogP contribution in [-0.2, 0) is 11.2 Å². The average Bonchev–Trinajstić information content (AvgIpc) is 2.68. The molecule has 0 saturated heterocycles.